The Balaban J connectivity index is 1.79. The molecule has 1 atom stereocenters. The van der Waals surface area contributed by atoms with Gasteiger partial charge in [0.15, 0.2) is 0 Å². The van der Waals surface area contributed by atoms with Crippen LogP contribution in [0.3, 0.4) is 0 Å². The monoisotopic (exact) mass is 360 g/mol. The zero-order valence-electron chi connectivity index (χ0n) is 14.9. The van der Waals surface area contributed by atoms with Crippen LogP contribution in [0.25, 0.3) is 10.9 Å². The van der Waals surface area contributed by atoms with Gasteiger partial charge < -0.3 is 10.5 Å². The van der Waals surface area contributed by atoms with Gasteiger partial charge in [0.2, 0.25) is 6.10 Å². The van der Waals surface area contributed by atoms with Gasteiger partial charge in [-0.25, -0.2) is 4.79 Å². The molecule has 0 spiro atoms. The molecule has 2 aromatic carbocycles. The summed E-state index contributed by atoms with van der Waals surface area (Å²) >= 11 is 0. The molecule has 3 aromatic rings. The maximum atomic E-state index is 13.2. The van der Waals surface area contributed by atoms with Crippen LogP contribution in [0.5, 0.6) is 0 Å². The number of nitrogens with two attached hydrogens (primary N) is 1. The molecule has 27 heavy (non-hydrogen) atoms. The molecule has 1 aromatic heterocycles. The van der Waals surface area contributed by atoms with Crippen molar-refractivity contribution in [1.82, 2.24) is 4.98 Å². The van der Waals surface area contributed by atoms with E-state index in [4.69, 9.17) is 15.5 Å². The van der Waals surface area contributed by atoms with E-state index >= 15 is 0 Å². The van der Waals surface area contributed by atoms with Crippen LogP contribution in [0.2, 0.25) is 0 Å². The first-order valence-corrected chi connectivity index (χ1v) is 9.11. The number of pyridine rings is 1. The van der Waals surface area contributed by atoms with Gasteiger partial charge in [0.1, 0.15) is 0 Å². The molecule has 136 valence electrons. The molecule has 0 saturated carbocycles. The Morgan fingerprint density at radius 3 is 2.44 bits per heavy atom. The van der Waals surface area contributed by atoms with Gasteiger partial charge in [-0.3, -0.25) is 9.78 Å². The Kier molecular flexibility index (Phi) is 4.59. The summed E-state index contributed by atoms with van der Waals surface area (Å²) in [6.07, 6.45) is 2.57. The molecule has 0 radical (unpaired) electrons. The van der Waals surface area contributed by atoms with E-state index in [1.54, 1.807) is 24.3 Å². The minimum absolute atomic E-state index is 0.512. The average molecular weight is 360 g/mol. The molecular formula is C22H20N2O3. The van der Waals surface area contributed by atoms with Crippen molar-refractivity contribution < 1.29 is 14.3 Å². The van der Waals surface area contributed by atoms with Gasteiger partial charge >= 0.3 is 5.97 Å². The highest BCUT2D eigenvalue weighted by Crippen LogP contribution is 2.31. The van der Waals surface area contributed by atoms with Gasteiger partial charge in [-0.2, -0.15) is 0 Å². The number of fused-ring (bicyclic) bond motifs is 2. The summed E-state index contributed by atoms with van der Waals surface area (Å²) in [6, 6.07) is 16.4. The van der Waals surface area contributed by atoms with Gasteiger partial charge in [-0.15, -0.1) is 0 Å². The number of ether oxygens (including phenoxy) is 1. The van der Waals surface area contributed by atoms with E-state index in [0.29, 0.717) is 11.1 Å². The van der Waals surface area contributed by atoms with Crippen molar-refractivity contribution in [2.45, 2.75) is 31.8 Å². The molecule has 5 heteroatoms. The third-order valence-electron chi connectivity index (χ3n) is 4.96. The topological polar surface area (TPSA) is 82.3 Å². The van der Waals surface area contributed by atoms with Gasteiger partial charge in [0.25, 0.3) is 5.91 Å². The Morgan fingerprint density at radius 2 is 1.67 bits per heavy atom. The maximum absolute atomic E-state index is 13.2. The van der Waals surface area contributed by atoms with Crippen molar-refractivity contribution in [2.75, 3.05) is 0 Å². The fraction of sp³-hybridized carbons (Fsp3) is 0.227. The summed E-state index contributed by atoms with van der Waals surface area (Å²) < 4.78 is 5.62. The van der Waals surface area contributed by atoms with Gasteiger partial charge in [-0.05, 0) is 37.3 Å². The standard InChI is InChI=1S/C22H20N2O3/c23-21(25)20(14-8-2-1-3-9-14)27-22(26)19-15-10-4-6-12-17(15)24-18-13-7-5-11-16(18)19/h1-4,6,8-10,12,20H,5,7,11,13H2,(H2,23,25)/t20-/m1/s1. The number of para-hydroxylation sites is 1. The van der Waals surface area contributed by atoms with Crippen molar-refractivity contribution in [3.05, 3.63) is 77.0 Å². The minimum Gasteiger partial charge on any atom is -0.444 e. The molecule has 4 rings (SSSR count). The number of nitrogens with zero attached hydrogens (tertiary/aromatic N) is 1. The van der Waals surface area contributed by atoms with Crippen LogP contribution in [0, 0.1) is 0 Å². The van der Waals surface area contributed by atoms with Crippen LogP contribution in [0.1, 0.15) is 46.1 Å². The van der Waals surface area contributed by atoms with E-state index in [1.807, 2.05) is 30.3 Å². The minimum atomic E-state index is -1.12. The number of hydrogen-bond donors (Lipinski definition) is 1. The summed E-state index contributed by atoms with van der Waals surface area (Å²) in [5, 5.41) is 0.749. The quantitative estimate of drug-likeness (QED) is 0.722. The van der Waals surface area contributed by atoms with E-state index in [2.05, 4.69) is 0 Å². The Labute approximate surface area is 157 Å². The SMILES string of the molecule is NC(=O)[C@H](OC(=O)c1c2c(nc3ccccc13)CCCC2)c1ccccc1. The number of carbonyl (C=O) groups is 2. The second-order valence-electron chi connectivity index (χ2n) is 6.73. The predicted molar refractivity (Wildman–Crippen MR) is 102 cm³/mol. The Hall–Kier alpha value is -3.21. The van der Waals surface area contributed by atoms with Crippen LogP contribution in [-0.2, 0) is 22.4 Å². The summed E-state index contributed by atoms with van der Waals surface area (Å²) in [6.45, 7) is 0. The number of primary amides is 1. The van der Waals surface area contributed by atoms with Crippen molar-refractivity contribution in [3.8, 4) is 0 Å². The fourth-order valence-corrected chi connectivity index (χ4v) is 3.69. The second-order valence-corrected chi connectivity index (χ2v) is 6.73. The molecule has 0 fully saturated rings. The van der Waals surface area contributed by atoms with E-state index in [0.717, 1.165) is 47.8 Å². The van der Waals surface area contributed by atoms with Crippen molar-refractivity contribution >= 4 is 22.8 Å². The zero-order valence-corrected chi connectivity index (χ0v) is 14.9. The number of rotatable bonds is 4. The molecule has 1 aliphatic carbocycles. The number of benzene rings is 2. The third-order valence-corrected chi connectivity index (χ3v) is 4.96. The van der Waals surface area contributed by atoms with E-state index in [9.17, 15) is 9.59 Å². The van der Waals surface area contributed by atoms with Crippen molar-refractivity contribution in [2.24, 2.45) is 5.73 Å². The summed E-state index contributed by atoms with van der Waals surface area (Å²) in [5.41, 5.74) is 9.23. The predicted octanol–water partition coefficient (Wildman–Crippen LogP) is 3.50. The third kappa shape index (κ3) is 3.28. The fourth-order valence-electron chi connectivity index (χ4n) is 3.69. The highest BCUT2D eigenvalue weighted by Gasteiger charge is 2.28. The lowest BCUT2D eigenvalue weighted by Gasteiger charge is -2.21. The second kappa shape index (κ2) is 7.19. The van der Waals surface area contributed by atoms with Crippen molar-refractivity contribution in [3.63, 3.8) is 0 Å². The maximum Gasteiger partial charge on any atom is 0.340 e. The number of aryl methyl sites for hydroxylation is 1. The summed E-state index contributed by atoms with van der Waals surface area (Å²) in [5.74, 6) is -1.22. The molecule has 2 N–H and O–H groups in total. The number of carbonyl (C=O) groups excluding carboxylic acids is 2. The number of amides is 1. The van der Waals surface area contributed by atoms with Gasteiger partial charge in [0.05, 0.1) is 11.1 Å². The first kappa shape index (κ1) is 17.2. The number of aromatic nitrogens is 1. The number of esters is 1. The molecule has 1 aliphatic rings. The molecular weight excluding hydrogens is 340 g/mol. The van der Waals surface area contributed by atoms with Gasteiger partial charge in [0, 0.05) is 16.6 Å². The highest BCUT2D eigenvalue weighted by atomic mass is 16.5. The molecule has 0 unspecified atom stereocenters. The van der Waals surface area contributed by atoms with E-state index < -0.39 is 18.0 Å². The Morgan fingerprint density at radius 1 is 0.963 bits per heavy atom. The summed E-state index contributed by atoms with van der Waals surface area (Å²) in [7, 11) is 0. The lowest BCUT2D eigenvalue weighted by atomic mass is 9.90. The number of hydrogen-bond acceptors (Lipinski definition) is 4. The first-order chi connectivity index (χ1) is 13.1. The smallest absolute Gasteiger partial charge is 0.340 e. The summed E-state index contributed by atoms with van der Waals surface area (Å²) in [4.78, 5) is 29.8. The largest absolute Gasteiger partial charge is 0.444 e. The van der Waals surface area contributed by atoms with Crippen LogP contribution < -0.4 is 5.73 Å². The van der Waals surface area contributed by atoms with Crippen LogP contribution in [0.4, 0.5) is 0 Å². The molecule has 0 saturated heterocycles. The lowest BCUT2D eigenvalue weighted by molar-refractivity contribution is -0.127. The molecule has 0 aliphatic heterocycles. The lowest BCUT2D eigenvalue weighted by Crippen LogP contribution is -2.27. The zero-order chi connectivity index (χ0) is 18.8. The van der Waals surface area contributed by atoms with E-state index in [1.165, 1.54) is 0 Å². The van der Waals surface area contributed by atoms with Crippen molar-refractivity contribution in [1.29, 1.82) is 0 Å². The van der Waals surface area contributed by atoms with Crippen LogP contribution in [-0.4, -0.2) is 16.9 Å². The molecule has 1 heterocycles. The molecule has 0 bridgehead atoms. The molecule has 5 nitrogen and oxygen atoms in total. The average Bonchev–Trinajstić information content (AvgIpc) is 2.70. The molecule has 1 amide bonds. The van der Waals surface area contributed by atoms with Crippen LogP contribution in [0.15, 0.2) is 54.6 Å². The first-order valence-electron chi connectivity index (χ1n) is 9.11. The van der Waals surface area contributed by atoms with Crippen LogP contribution >= 0.6 is 0 Å². The van der Waals surface area contributed by atoms with Gasteiger partial charge in [-0.1, -0.05) is 48.5 Å². The van der Waals surface area contributed by atoms with E-state index in [-0.39, 0.29) is 0 Å². The highest BCUT2D eigenvalue weighted by molar-refractivity contribution is 6.05. The Bertz CT molecular complexity index is 1010. The normalized spacial score (nSPS) is 14.4.